The number of nitrogens with one attached hydrogen (secondary N) is 2. The molecule has 0 spiro atoms. The molecule has 0 bridgehead atoms. The van der Waals surface area contributed by atoms with Crippen molar-refractivity contribution in [1.82, 2.24) is 10.6 Å². The van der Waals surface area contributed by atoms with Crippen LogP contribution < -0.4 is 10.6 Å². The fourth-order valence-corrected chi connectivity index (χ4v) is 2.28. The lowest BCUT2D eigenvalue weighted by atomic mass is 9.82. The van der Waals surface area contributed by atoms with Crippen LogP contribution in [0.1, 0.15) is 46.5 Å². The molecule has 0 aliphatic carbocycles. The molecule has 3 heteroatoms. The van der Waals surface area contributed by atoms with Crippen molar-refractivity contribution >= 4 is 5.91 Å². The van der Waals surface area contributed by atoms with Crippen LogP contribution in [0, 0.1) is 11.3 Å². The van der Waals surface area contributed by atoms with Crippen LogP contribution in [0.25, 0.3) is 0 Å². The van der Waals surface area contributed by atoms with Crippen LogP contribution in [0.3, 0.4) is 0 Å². The Kier molecular flexibility index (Phi) is 5.26. The predicted octanol–water partition coefficient (Wildman–Crippen LogP) is 1.93. The quantitative estimate of drug-likeness (QED) is 0.752. The summed E-state index contributed by atoms with van der Waals surface area (Å²) in [5.41, 5.74) is -0.190. The Morgan fingerprint density at radius 2 is 2.12 bits per heavy atom. The van der Waals surface area contributed by atoms with Crippen molar-refractivity contribution in [2.45, 2.75) is 46.5 Å². The summed E-state index contributed by atoms with van der Waals surface area (Å²) in [6, 6.07) is 0. The zero-order chi connectivity index (χ0) is 12.0. The minimum absolute atomic E-state index is 0.190. The van der Waals surface area contributed by atoms with E-state index in [4.69, 9.17) is 0 Å². The highest BCUT2D eigenvalue weighted by atomic mass is 16.2. The van der Waals surface area contributed by atoms with E-state index < -0.39 is 0 Å². The van der Waals surface area contributed by atoms with Crippen LogP contribution in [0.4, 0.5) is 0 Å². The van der Waals surface area contributed by atoms with Crippen molar-refractivity contribution in [2.24, 2.45) is 11.3 Å². The van der Waals surface area contributed by atoms with Gasteiger partial charge in [0.25, 0.3) is 0 Å². The molecule has 0 aromatic heterocycles. The van der Waals surface area contributed by atoms with Gasteiger partial charge in [-0.1, -0.05) is 26.7 Å². The van der Waals surface area contributed by atoms with Gasteiger partial charge in [-0.2, -0.15) is 0 Å². The van der Waals surface area contributed by atoms with Crippen molar-refractivity contribution in [3.8, 4) is 0 Å². The van der Waals surface area contributed by atoms with Crippen molar-refractivity contribution in [3.63, 3.8) is 0 Å². The summed E-state index contributed by atoms with van der Waals surface area (Å²) in [4.78, 5) is 12.1. The molecule has 1 amide bonds. The van der Waals surface area contributed by atoms with Crippen LogP contribution in [0.2, 0.25) is 0 Å². The molecule has 0 saturated carbocycles. The molecule has 16 heavy (non-hydrogen) atoms. The molecule has 0 aromatic carbocycles. The highest BCUT2D eigenvalue weighted by Crippen LogP contribution is 2.25. The third kappa shape index (κ3) is 3.48. The van der Waals surface area contributed by atoms with E-state index >= 15 is 0 Å². The van der Waals surface area contributed by atoms with E-state index in [-0.39, 0.29) is 11.3 Å². The van der Waals surface area contributed by atoms with Gasteiger partial charge in [-0.05, 0) is 32.2 Å². The Hall–Kier alpha value is -0.570. The van der Waals surface area contributed by atoms with Gasteiger partial charge in [0, 0.05) is 13.1 Å². The molecule has 1 heterocycles. The van der Waals surface area contributed by atoms with Gasteiger partial charge in [0.1, 0.15) is 0 Å². The lowest BCUT2D eigenvalue weighted by Gasteiger charge is -2.33. The van der Waals surface area contributed by atoms with Crippen molar-refractivity contribution < 1.29 is 4.79 Å². The zero-order valence-electron chi connectivity index (χ0n) is 10.9. The fraction of sp³-hybridized carbons (Fsp3) is 0.923. The normalized spacial score (nSPS) is 25.8. The first-order valence-corrected chi connectivity index (χ1v) is 6.61. The van der Waals surface area contributed by atoms with Gasteiger partial charge >= 0.3 is 0 Å². The third-order valence-electron chi connectivity index (χ3n) is 3.85. The van der Waals surface area contributed by atoms with E-state index in [1.54, 1.807) is 0 Å². The van der Waals surface area contributed by atoms with Gasteiger partial charge < -0.3 is 10.6 Å². The molecule has 1 fully saturated rings. The molecule has 1 unspecified atom stereocenters. The number of carbonyl (C=O) groups excluding carboxylic acids is 1. The Morgan fingerprint density at radius 1 is 1.44 bits per heavy atom. The molecule has 1 aliphatic rings. The average molecular weight is 226 g/mol. The highest BCUT2D eigenvalue weighted by Gasteiger charge is 2.34. The second kappa shape index (κ2) is 6.24. The summed E-state index contributed by atoms with van der Waals surface area (Å²) in [7, 11) is 0. The molecule has 3 nitrogen and oxygen atoms in total. The van der Waals surface area contributed by atoms with Crippen molar-refractivity contribution in [3.05, 3.63) is 0 Å². The summed E-state index contributed by atoms with van der Waals surface area (Å²) >= 11 is 0. The second-order valence-corrected chi connectivity index (χ2v) is 5.23. The Balaban J connectivity index is 2.38. The van der Waals surface area contributed by atoms with Gasteiger partial charge in [0.2, 0.25) is 5.91 Å². The first-order valence-electron chi connectivity index (χ1n) is 6.61. The van der Waals surface area contributed by atoms with E-state index in [1.165, 1.54) is 0 Å². The predicted molar refractivity (Wildman–Crippen MR) is 67.3 cm³/mol. The van der Waals surface area contributed by atoms with Crippen molar-refractivity contribution in [1.29, 1.82) is 0 Å². The molecule has 1 saturated heterocycles. The Labute approximate surface area is 99.4 Å². The van der Waals surface area contributed by atoms with Crippen LogP contribution in [-0.2, 0) is 4.79 Å². The van der Waals surface area contributed by atoms with E-state index in [2.05, 4.69) is 31.4 Å². The highest BCUT2D eigenvalue weighted by molar-refractivity contribution is 5.82. The smallest absolute Gasteiger partial charge is 0.227 e. The van der Waals surface area contributed by atoms with Crippen LogP contribution >= 0.6 is 0 Å². The van der Waals surface area contributed by atoms with Crippen LogP contribution in [0.5, 0.6) is 0 Å². The summed E-state index contributed by atoms with van der Waals surface area (Å²) in [5.74, 6) is 0.857. The maximum absolute atomic E-state index is 12.1. The average Bonchev–Trinajstić information content (AvgIpc) is 2.31. The number of hydrogen-bond acceptors (Lipinski definition) is 2. The number of piperidine rings is 1. The lowest BCUT2D eigenvalue weighted by molar-refractivity contribution is -0.131. The molecular formula is C13H26N2O. The fourth-order valence-electron chi connectivity index (χ4n) is 2.28. The van der Waals surface area contributed by atoms with Crippen LogP contribution in [-0.4, -0.2) is 25.5 Å². The zero-order valence-corrected chi connectivity index (χ0v) is 10.9. The molecular weight excluding hydrogens is 200 g/mol. The summed E-state index contributed by atoms with van der Waals surface area (Å²) < 4.78 is 0. The summed E-state index contributed by atoms with van der Waals surface area (Å²) in [6.45, 7) is 9.15. The number of rotatable bonds is 5. The monoisotopic (exact) mass is 226 g/mol. The topological polar surface area (TPSA) is 41.1 Å². The van der Waals surface area contributed by atoms with Gasteiger partial charge in [0.05, 0.1) is 5.41 Å². The molecule has 1 atom stereocenters. The maximum Gasteiger partial charge on any atom is 0.227 e. The van der Waals surface area contributed by atoms with E-state index in [9.17, 15) is 4.79 Å². The van der Waals surface area contributed by atoms with Gasteiger partial charge in [0.15, 0.2) is 0 Å². The number of amides is 1. The number of hydrogen-bond donors (Lipinski definition) is 2. The van der Waals surface area contributed by atoms with Gasteiger partial charge in [-0.3, -0.25) is 4.79 Å². The first-order chi connectivity index (χ1) is 7.62. The molecule has 1 aliphatic heterocycles. The summed E-state index contributed by atoms with van der Waals surface area (Å²) in [5, 5.41) is 6.43. The van der Waals surface area contributed by atoms with E-state index in [0.717, 1.165) is 45.3 Å². The molecule has 0 radical (unpaired) electrons. The van der Waals surface area contributed by atoms with Gasteiger partial charge in [-0.25, -0.2) is 0 Å². The minimum Gasteiger partial charge on any atom is -0.355 e. The molecule has 94 valence electrons. The minimum atomic E-state index is -0.190. The molecule has 1 rings (SSSR count). The van der Waals surface area contributed by atoms with E-state index in [0.29, 0.717) is 5.92 Å². The molecule has 2 N–H and O–H groups in total. The Bertz CT molecular complexity index is 218. The lowest BCUT2D eigenvalue weighted by Crippen LogP contribution is -2.49. The molecule has 0 aromatic rings. The standard InChI is InChI=1S/C13H26N2O/c1-4-11(5-2)9-15-12(16)13(3)7-6-8-14-10-13/h11,14H,4-10H2,1-3H3,(H,15,16). The van der Waals surface area contributed by atoms with Crippen LogP contribution in [0.15, 0.2) is 0 Å². The number of carbonyl (C=O) groups is 1. The Morgan fingerprint density at radius 3 is 2.62 bits per heavy atom. The SMILES string of the molecule is CCC(CC)CNC(=O)C1(C)CCCNC1. The van der Waals surface area contributed by atoms with E-state index in [1.807, 2.05) is 0 Å². The third-order valence-corrected chi connectivity index (χ3v) is 3.85. The maximum atomic E-state index is 12.1. The summed E-state index contributed by atoms with van der Waals surface area (Å²) in [6.07, 6.45) is 4.40. The van der Waals surface area contributed by atoms with Gasteiger partial charge in [-0.15, -0.1) is 0 Å². The first kappa shape index (κ1) is 13.5. The second-order valence-electron chi connectivity index (χ2n) is 5.23. The largest absolute Gasteiger partial charge is 0.355 e. The van der Waals surface area contributed by atoms with Crippen molar-refractivity contribution in [2.75, 3.05) is 19.6 Å².